The lowest BCUT2D eigenvalue weighted by molar-refractivity contribution is 0.00578. The molecular weight excluding hydrogens is 347 g/mol. The molecule has 1 aliphatic carbocycles. The number of benzene rings is 1. The summed E-state index contributed by atoms with van der Waals surface area (Å²) in [5, 5.41) is 0. The molecule has 7 nitrogen and oxygen atoms in total. The van der Waals surface area contributed by atoms with E-state index in [1.54, 1.807) is 0 Å². The number of nitrogen functional groups attached to an aromatic ring is 1. The number of ether oxygens (including phenoxy) is 2. The van der Waals surface area contributed by atoms with Crippen LogP contribution in [-0.2, 0) is 14.0 Å². The summed E-state index contributed by atoms with van der Waals surface area (Å²) >= 11 is 0. The van der Waals surface area contributed by atoms with Crippen LogP contribution in [0.4, 0.5) is 10.5 Å². The van der Waals surface area contributed by atoms with Gasteiger partial charge in [-0.05, 0) is 71.6 Å². The molecule has 1 aromatic carbocycles. The Morgan fingerprint density at radius 2 is 1.63 bits per heavy atom. The third-order valence-electron chi connectivity index (χ3n) is 5.74. The van der Waals surface area contributed by atoms with E-state index in [9.17, 15) is 4.79 Å². The lowest BCUT2D eigenvalue weighted by atomic mass is 9.78. The van der Waals surface area contributed by atoms with Gasteiger partial charge in [0.2, 0.25) is 0 Å². The van der Waals surface area contributed by atoms with E-state index in [1.807, 2.05) is 45.9 Å². The first-order valence-electron chi connectivity index (χ1n) is 9.45. The molecule has 1 aromatic rings. The largest absolute Gasteiger partial charge is 0.498 e. The maximum atomic E-state index is 10.9. The van der Waals surface area contributed by atoms with Crippen LogP contribution in [-0.4, -0.2) is 36.6 Å². The number of hydrogen-bond acceptors (Lipinski definition) is 6. The van der Waals surface area contributed by atoms with Gasteiger partial charge >= 0.3 is 13.2 Å². The van der Waals surface area contributed by atoms with Crippen LogP contribution in [0.1, 0.15) is 53.4 Å². The van der Waals surface area contributed by atoms with Crippen molar-refractivity contribution >= 4 is 24.4 Å². The van der Waals surface area contributed by atoms with Gasteiger partial charge in [0.25, 0.3) is 0 Å². The van der Waals surface area contributed by atoms with Crippen LogP contribution < -0.4 is 21.7 Å². The van der Waals surface area contributed by atoms with Gasteiger partial charge in [-0.15, -0.1) is 0 Å². The zero-order chi connectivity index (χ0) is 19.8. The Bertz CT molecular complexity index is 685. The van der Waals surface area contributed by atoms with Gasteiger partial charge in [-0.25, -0.2) is 4.79 Å². The normalized spacial score (nSPS) is 26.6. The van der Waals surface area contributed by atoms with Gasteiger partial charge in [0, 0.05) is 11.2 Å². The summed E-state index contributed by atoms with van der Waals surface area (Å²) < 4.78 is 23.7. The topological polar surface area (TPSA) is 106 Å². The number of primary amides is 1. The quantitative estimate of drug-likeness (QED) is 0.617. The summed E-state index contributed by atoms with van der Waals surface area (Å²) in [6.07, 6.45) is 2.21. The summed E-state index contributed by atoms with van der Waals surface area (Å²) in [7, 11) is -0.539. The van der Waals surface area contributed by atoms with Crippen molar-refractivity contribution in [2.45, 2.75) is 76.8 Å². The Morgan fingerprint density at radius 1 is 1.07 bits per heavy atom. The lowest BCUT2D eigenvalue weighted by Gasteiger charge is -2.32. The zero-order valence-corrected chi connectivity index (χ0v) is 16.5. The molecule has 0 aromatic heterocycles. The highest BCUT2D eigenvalue weighted by atomic mass is 16.7. The van der Waals surface area contributed by atoms with Crippen LogP contribution in [0.15, 0.2) is 18.2 Å². The van der Waals surface area contributed by atoms with E-state index < -0.39 is 24.4 Å². The summed E-state index contributed by atoms with van der Waals surface area (Å²) in [6, 6.07) is 5.52. The molecule has 1 amide bonds. The molecule has 27 heavy (non-hydrogen) atoms. The van der Waals surface area contributed by atoms with Crippen LogP contribution in [0.5, 0.6) is 5.75 Å². The van der Waals surface area contributed by atoms with Crippen molar-refractivity contribution in [3.63, 3.8) is 0 Å². The van der Waals surface area contributed by atoms with Gasteiger partial charge < -0.3 is 30.2 Å². The highest BCUT2D eigenvalue weighted by Crippen LogP contribution is 2.37. The zero-order valence-electron chi connectivity index (χ0n) is 16.5. The van der Waals surface area contributed by atoms with Gasteiger partial charge in [-0.1, -0.05) is 0 Å². The first-order valence-corrected chi connectivity index (χ1v) is 9.45. The molecule has 8 heteroatoms. The average molecular weight is 376 g/mol. The van der Waals surface area contributed by atoms with Crippen LogP contribution in [0.3, 0.4) is 0 Å². The SMILES string of the molecule is CC1(C)OB(c2cc(N)ccc2OC2CCC(OC(N)=O)CC2)OC1(C)C. The van der Waals surface area contributed by atoms with Gasteiger partial charge in [0.05, 0.1) is 17.3 Å². The van der Waals surface area contributed by atoms with Crippen LogP contribution >= 0.6 is 0 Å². The number of nitrogens with two attached hydrogens (primary N) is 2. The average Bonchev–Trinajstić information content (AvgIpc) is 2.78. The fourth-order valence-electron chi connectivity index (χ4n) is 3.44. The number of carbonyl (C=O) groups excluding carboxylic acids is 1. The monoisotopic (exact) mass is 376 g/mol. The Hall–Kier alpha value is -1.93. The molecule has 1 heterocycles. The first kappa shape index (κ1) is 19.8. The fraction of sp³-hybridized carbons (Fsp3) is 0.632. The highest BCUT2D eigenvalue weighted by Gasteiger charge is 2.52. The van der Waals surface area contributed by atoms with E-state index in [2.05, 4.69) is 0 Å². The van der Waals surface area contributed by atoms with Crippen molar-refractivity contribution < 1.29 is 23.6 Å². The van der Waals surface area contributed by atoms with Crippen molar-refractivity contribution in [1.82, 2.24) is 0 Å². The number of anilines is 1. The van der Waals surface area contributed by atoms with Crippen molar-refractivity contribution in [3.05, 3.63) is 18.2 Å². The van der Waals surface area contributed by atoms with Crippen molar-refractivity contribution in [2.75, 3.05) is 5.73 Å². The first-order chi connectivity index (χ1) is 12.6. The molecule has 0 unspecified atom stereocenters. The molecule has 0 spiro atoms. The lowest BCUT2D eigenvalue weighted by Crippen LogP contribution is -2.41. The second-order valence-electron chi connectivity index (χ2n) is 8.34. The third kappa shape index (κ3) is 4.33. The summed E-state index contributed by atoms with van der Waals surface area (Å²) in [5.74, 6) is 0.710. The summed E-state index contributed by atoms with van der Waals surface area (Å²) in [5.41, 5.74) is 11.6. The molecule has 0 atom stereocenters. The summed E-state index contributed by atoms with van der Waals surface area (Å²) in [6.45, 7) is 8.05. The number of hydrogen-bond donors (Lipinski definition) is 2. The molecular formula is C19H29BN2O5. The van der Waals surface area contributed by atoms with E-state index in [4.69, 9.17) is 30.2 Å². The Morgan fingerprint density at radius 3 is 2.19 bits per heavy atom. The second-order valence-corrected chi connectivity index (χ2v) is 8.34. The number of carbonyl (C=O) groups is 1. The van der Waals surface area contributed by atoms with Gasteiger partial charge in [-0.2, -0.15) is 0 Å². The van der Waals surface area contributed by atoms with Gasteiger partial charge in [0.15, 0.2) is 0 Å². The smallest absolute Gasteiger partial charge is 0.491 e. The molecule has 3 rings (SSSR count). The maximum Gasteiger partial charge on any atom is 0.498 e. The molecule has 1 saturated carbocycles. The Kier molecular flexibility index (Phi) is 5.32. The van der Waals surface area contributed by atoms with Crippen LogP contribution in [0.25, 0.3) is 0 Å². The molecule has 4 N–H and O–H groups in total. The maximum absolute atomic E-state index is 10.9. The van der Waals surface area contributed by atoms with Crippen molar-refractivity contribution in [2.24, 2.45) is 5.73 Å². The van der Waals surface area contributed by atoms with Crippen molar-refractivity contribution in [3.8, 4) is 5.75 Å². The highest BCUT2D eigenvalue weighted by molar-refractivity contribution is 6.63. The second kappa shape index (κ2) is 7.24. The Labute approximate surface area is 160 Å². The predicted molar refractivity (Wildman–Crippen MR) is 104 cm³/mol. The van der Waals surface area contributed by atoms with Crippen LogP contribution in [0.2, 0.25) is 0 Å². The molecule has 148 valence electrons. The molecule has 2 fully saturated rings. The number of amides is 1. The fourth-order valence-corrected chi connectivity index (χ4v) is 3.44. The third-order valence-corrected chi connectivity index (χ3v) is 5.74. The minimum absolute atomic E-state index is 0.0301. The van der Waals surface area contributed by atoms with E-state index in [-0.39, 0.29) is 12.2 Å². The minimum atomic E-state index is -0.721. The van der Waals surface area contributed by atoms with E-state index in [0.717, 1.165) is 31.1 Å². The van der Waals surface area contributed by atoms with Gasteiger partial charge in [-0.3, -0.25) is 0 Å². The number of rotatable bonds is 4. The minimum Gasteiger partial charge on any atom is -0.491 e. The molecule has 0 radical (unpaired) electrons. The Balaban J connectivity index is 1.72. The predicted octanol–water partition coefficient (Wildman–Crippen LogP) is 2.35. The molecule has 2 aliphatic rings. The molecule has 0 bridgehead atoms. The van der Waals surface area contributed by atoms with Crippen molar-refractivity contribution in [1.29, 1.82) is 0 Å². The standard InChI is InChI=1S/C19H29BN2O5/c1-18(2)19(3,4)27-20(26-18)15-11-12(21)5-10-16(15)24-13-6-8-14(9-7-13)25-17(22)23/h5,10-11,13-14H,6-9,21H2,1-4H3,(H2,22,23). The van der Waals surface area contributed by atoms with E-state index in [0.29, 0.717) is 11.4 Å². The molecule has 1 saturated heterocycles. The van der Waals surface area contributed by atoms with Crippen LogP contribution in [0, 0.1) is 0 Å². The van der Waals surface area contributed by atoms with E-state index in [1.165, 1.54) is 0 Å². The van der Waals surface area contributed by atoms with Gasteiger partial charge in [0.1, 0.15) is 11.9 Å². The summed E-state index contributed by atoms with van der Waals surface area (Å²) in [4.78, 5) is 10.9. The van der Waals surface area contributed by atoms with E-state index >= 15 is 0 Å². The molecule has 1 aliphatic heterocycles.